The number of aliphatic hydroxyl groups excluding tert-OH is 1. The van der Waals surface area contributed by atoms with Gasteiger partial charge in [0.25, 0.3) is 5.78 Å². The molecule has 2 aliphatic rings. The highest BCUT2D eigenvalue weighted by Gasteiger charge is 2.48. The Balaban J connectivity index is 1.54. The quantitative estimate of drug-likeness (QED) is 0.265. The third-order valence-electron chi connectivity index (χ3n) is 6.23. The second-order valence-electron chi connectivity index (χ2n) is 8.34. The number of carbonyl (C=O) groups excluding carboxylic acids is 2. The van der Waals surface area contributed by atoms with Crippen LogP contribution in [0.25, 0.3) is 16.0 Å². The van der Waals surface area contributed by atoms with Gasteiger partial charge in [-0.25, -0.2) is 4.98 Å². The second kappa shape index (κ2) is 8.21. The fourth-order valence-electron chi connectivity index (χ4n) is 4.46. The summed E-state index contributed by atoms with van der Waals surface area (Å²) in [6.45, 7) is 1.27. The van der Waals surface area contributed by atoms with E-state index in [9.17, 15) is 14.7 Å². The average molecular weight is 485 g/mol. The molecule has 0 spiro atoms. The van der Waals surface area contributed by atoms with Gasteiger partial charge in [0, 0.05) is 18.8 Å². The highest BCUT2D eigenvalue weighted by molar-refractivity contribution is 7.22. The number of Topliss-reactive ketones (excluding diaryl/α,β-unsaturated/α-hetero) is 1. The number of fused-ring (bicyclic) bond motifs is 2. The predicted octanol–water partition coefficient (Wildman–Crippen LogP) is 4.15. The van der Waals surface area contributed by atoms with E-state index in [4.69, 9.17) is 4.74 Å². The van der Waals surface area contributed by atoms with Crippen molar-refractivity contribution in [3.63, 3.8) is 0 Å². The van der Waals surface area contributed by atoms with Gasteiger partial charge in [0.2, 0.25) is 0 Å². The van der Waals surface area contributed by atoms with Gasteiger partial charge in [-0.15, -0.1) is 0 Å². The van der Waals surface area contributed by atoms with Crippen LogP contribution in [0.5, 0.6) is 5.75 Å². The van der Waals surface area contributed by atoms with Crippen LogP contribution < -0.4 is 14.5 Å². The van der Waals surface area contributed by atoms with Crippen LogP contribution in [0.4, 0.5) is 10.8 Å². The van der Waals surface area contributed by atoms with Crippen LogP contribution in [0.15, 0.2) is 72.4 Å². The number of hydrogen-bond acceptors (Lipinski definition) is 8. The van der Waals surface area contributed by atoms with Gasteiger partial charge in [-0.05, 0) is 42.5 Å². The van der Waals surface area contributed by atoms with E-state index in [1.54, 1.807) is 42.6 Å². The van der Waals surface area contributed by atoms with E-state index in [0.717, 1.165) is 15.9 Å². The van der Waals surface area contributed by atoms with Gasteiger partial charge >= 0.3 is 5.91 Å². The molecule has 1 N–H and O–H groups in total. The van der Waals surface area contributed by atoms with Crippen LogP contribution in [-0.4, -0.2) is 47.0 Å². The van der Waals surface area contributed by atoms with Crippen LogP contribution in [0.2, 0.25) is 0 Å². The van der Waals surface area contributed by atoms with Crippen molar-refractivity contribution in [3.05, 3.63) is 83.7 Å². The molecule has 2 aliphatic heterocycles. The van der Waals surface area contributed by atoms with Gasteiger partial charge in [0.15, 0.2) is 5.13 Å². The maximum Gasteiger partial charge on any atom is 0.301 e. The number of para-hydroxylation sites is 1. The minimum absolute atomic E-state index is 0.0210. The summed E-state index contributed by atoms with van der Waals surface area (Å²) < 4.78 is 6.59. The lowest BCUT2D eigenvalue weighted by Gasteiger charge is -2.28. The molecule has 0 saturated carbocycles. The first-order chi connectivity index (χ1) is 17.0. The Labute approximate surface area is 204 Å². The van der Waals surface area contributed by atoms with Crippen molar-refractivity contribution < 1.29 is 19.4 Å². The van der Waals surface area contributed by atoms with Crippen LogP contribution in [-0.2, 0) is 9.59 Å². The number of aliphatic hydroxyl groups is 1. The lowest BCUT2D eigenvalue weighted by Crippen LogP contribution is -2.29. The molecule has 9 heteroatoms. The number of benzene rings is 2. The molecule has 1 amide bonds. The summed E-state index contributed by atoms with van der Waals surface area (Å²) in [6.07, 6.45) is 1.60. The molecule has 6 rings (SSSR count). The minimum Gasteiger partial charge on any atom is -0.507 e. The number of nitrogens with zero attached hydrogens (tertiary/aromatic N) is 4. The number of carbonyl (C=O) groups is 2. The largest absolute Gasteiger partial charge is 0.507 e. The molecule has 0 radical (unpaired) electrons. The van der Waals surface area contributed by atoms with Gasteiger partial charge in [-0.2, -0.15) is 0 Å². The van der Waals surface area contributed by atoms with Gasteiger partial charge < -0.3 is 14.7 Å². The Kier molecular flexibility index (Phi) is 5.00. The first-order valence-electron chi connectivity index (χ1n) is 11.1. The van der Waals surface area contributed by atoms with E-state index in [0.29, 0.717) is 35.3 Å². The highest BCUT2D eigenvalue weighted by atomic mass is 32.1. The second-order valence-corrected chi connectivity index (χ2v) is 9.35. The molecule has 1 fully saturated rings. The molecule has 8 nitrogen and oxygen atoms in total. The zero-order valence-electron chi connectivity index (χ0n) is 18.7. The number of anilines is 2. The van der Waals surface area contributed by atoms with Gasteiger partial charge in [0.1, 0.15) is 24.2 Å². The third-order valence-corrected chi connectivity index (χ3v) is 7.26. The number of amides is 1. The SMILES string of the molecule is CN1CCOc2ccc(/C(O)=C3\C(=O)C(=O)N(c4nc5ccccc5s4)C3c3ccccn3)cc21. The number of hydrogen-bond donors (Lipinski definition) is 1. The number of ketones is 1. The summed E-state index contributed by atoms with van der Waals surface area (Å²) in [4.78, 5) is 39.1. The Morgan fingerprint density at radius 3 is 2.74 bits per heavy atom. The first kappa shape index (κ1) is 21.3. The molecule has 35 heavy (non-hydrogen) atoms. The number of rotatable bonds is 3. The summed E-state index contributed by atoms with van der Waals surface area (Å²) in [5.74, 6) is -1.09. The van der Waals surface area contributed by atoms with Crippen molar-refractivity contribution in [2.45, 2.75) is 6.04 Å². The van der Waals surface area contributed by atoms with Crippen molar-refractivity contribution >= 4 is 49.8 Å². The fraction of sp³-hybridized carbons (Fsp3) is 0.154. The Bertz CT molecular complexity index is 1480. The topological polar surface area (TPSA) is 95.9 Å². The zero-order valence-corrected chi connectivity index (χ0v) is 19.5. The van der Waals surface area contributed by atoms with E-state index < -0.39 is 17.7 Å². The summed E-state index contributed by atoms with van der Waals surface area (Å²) in [7, 11) is 1.94. The number of aromatic nitrogens is 2. The van der Waals surface area contributed by atoms with Gasteiger partial charge in [-0.1, -0.05) is 29.5 Å². The molecule has 0 bridgehead atoms. The summed E-state index contributed by atoms with van der Waals surface area (Å²) >= 11 is 1.31. The normalized spacial score (nSPS) is 19.2. The molecular formula is C26H20N4O4S. The Morgan fingerprint density at radius 1 is 1.11 bits per heavy atom. The number of ether oxygens (including phenoxy) is 1. The van der Waals surface area contributed by atoms with Crippen molar-refractivity contribution in [1.82, 2.24) is 9.97 Å². The standard InChI is InChI=1S/C26H20N4O4S/c1-29-12-13-34-19-10-9-15(14-18(19)29)23(31)21-22(17-7-4-5-11-27-17)30(25(33)24(21)32)26-28-16-6-2-3-8-20(16)35-26/h2-11,14,22,31H,12-13H2,1H3/b23-21+. The summed E-state index contributed by atoms with van der Waals surface area (Å²) in [5.41, 5.74) is 2.39. The van der Waals surface area contributed by atoms with E-state index >= 15 is 0 Å². The van der Waals surface area contributed by atoms with Crippen LogP contribution in [0.3, 0.4) is 0 Å². The molecule has 1 unspecified atom stereocenters. The summed E-state index contributed by atoms with van der Waals surface area (Å²) in [5, 5.41) is 11.8. The van der Waals surface area contributed by atoms with Crippen molar-refractivity contribution in [2.75, 3.05) is 30.0 Å². The van der Waals surface area contributed by atoms with Crippen molar-refractivity contribution in [1.29, 1.82) is 0 Å². The fourth-order valence-corrected chi connectivity index (χ4v) is 5.46. The lowest BCUT2D eigenvalue weighted by atomic mass is 9.98. The molecule has 1 saturated heterocycles. The zero-order chi connectivity index (χ0) is 24.1. The van der Waals surface area contributed by atoms with Gasteiger partial charge in [0.05, 0.1) is 33.7 Å². The molecule has 4 heterocycles. The molecule has 0 aliphatic carbocycles. The van der Waals surface area contributed by atoms with E-state index in [-0.39, 0.29) is 11.3 Å². The van der Waals surface area contributed by atoms with Crippen LogP contribution in [0.1, 0.15) is 17.3 Å². The van der Waals surface area contributed by atoms with Crippen molar-refractivity contribution in [3.8, 4) is 5.75 Å². The first-order valence-corrected chi connectivity index (χ1v) is 11.9. The average Bonchev–Trinajstić information content (AvgIpc) is 3.42. The number of thiazole rings is 1. The molecular weight excluding hydrogens is 464 g/mol. The highest BCUT2D eigenvalue weighted by Crippen LogP contribution is 2.44. The van der Waals surface area contributed by atoms with E-state index in [1.807, 2.05) is 36.2 Å². The minimum atomic E-state index is -0.915. The number of likely N-dealkylation sites (N-methyl/N-ethyl adjacent to an activating group) is 1. The monoisotopic (exact) mass is 484 g/mol. The number of pyridine rings is 1. The van der Waals surface area contributed by atoms with E-state index in [2.05, 4.69) is 9.97 Å². The predicted molar refractivity (Wildman–Crippen MR) is 134 cm³/mol. The van der Waals surface area contributed by atoms with E-state index in [1.165, 1.54) is 16.2 Å². The third kappa shape index (κ3) is 3.43. The molecule has 174 valence electrons. The van der Waals surface area contributed by atoms with Gasteiger partial charge in [-0.3, -0.25) is 19.5 Å². The molecule has 1 atom stereocenters. The maximum atomic E-state index is 13.4. The molecule has 4 aromatic rings. The smallest absolute Gasteiger partial charge is 0.301 e. The molecule has 2 aromatic heterocycles. The Hall–Kier alpha value is -4.24. The summed E-state index contributed by atoms with van der Waals surface area (Å²) in [6, 6.07) is 17.1. The molecule has 2 aromatic carbocycles. The Morgan fingerprint density at radius 2 is 1.94 bits per heavy atom. The van der Waals surface area contributed by atoms with Crippen molar-refractivity contribution in [2.24, 2.45) is 0 Å². The lowest BCUT2D eigenvalue weighted by molar-refractivity contribution is -0.132. The van der Waals surface area contributed by atoms with Crippen LogP contribution in [0, 0.1) is 0 Å². The van der Waals surface area contributed by atoms with Crippen LogP contribution >= 0.6 is 11.3 Å². The maximum absolute atomic E-state index is 13.4.